The molecule has 2 fully saturated rings. The minimum atomic E-state index is -0.668. The fourth-order valence-electron chi connectivity index (χ4n) is 4.64. The van der Waals surface area contributed by atoms with Crippen LogP contribution in [0.5, 0.6) is 11.5 Å². The van der Waals surface area contributed by atoms with Crippen molar-refractivity contribution in [2.45, 2.75) is 18.9 Å². The number of carbonyl (C=O) groups is 3. The predicted octanol–water partition coefficient (Wildman–Crippen LogP) is 1.64. The third kappa shape index (κ3) is 4.40. The smallest absolute Gasteiger partial charge is 0.289 e. The summed E-state index contributed by atoms with van der Waals surface area (Å²) < 4.78 is 16.7. The Balaban J connectivity index is 1.09. The van der Waals surface area contributed by atoms with Crippen LogP contribution < -0.4 is 9.47 Å². The molecule has 1 unspecified atom stereocenters. The predicted molar refractivity (Wildman–Crippen MR) is 117 cm³/mol. The summed E-state index contributed by atoms with van der Waals surface area (Å²) in [5, 5.41) is 0. The number of hydrogen-bond acceptors (Lipinski definition) is 6. The number of amides is 3. The number of nitrogens with zero attached hydrogens (tertiary/aromatic N) is 3. The summed E-state index contributed by atoms with van der Waals surface area (Å²) in [6, 6.07) is 10.7. The number of ether oxygens (including phenoxy) is 2. The number of carbonyl (C=O) groups excluding carboxylic acids is 3. The van der Waals surface area contributed by atoms with Gasteiger partial charge in [-0.15, -0.1) is 0 Å². The van der Waals surface area contributed by atoms with Gasteiger partial charge in [0.25, 0.3) is 11.8 Å². The number of para-hydroxylation sites is 2. The first kappa shape index (κ1) is 21.4. The van der Waals surface area contributed by atoms with Crippen LogP contribution in [0.15, 0.2) is 47.1 Å². The Kier molecular flexibility index (Phi) is 5.93. The number of hydrogen-bond donors (Lipinski definition) is 0. The second-order valence-electron chi connectivity index (χ2n) is 8.56. The van der Waals surface area contributed by atoms with Gasteiger partial charge in [-0.1, -0.05) is 12.1 Å². The zero-order valence-corrected chi connectivity index (χ0v) is 18.4. The van der Waals surface area contributed by atoms with Gasteiger partial charge in [-0.05, 0) is 37.1 Å². The molecule has 0 aliphatic carbocycles. The summed E-state index contributed by atoms with van der Waals surface area (Å²) in [5.74, 6) is 1.33. The van der Waals surface area contributed by atoms with Crippen molar-refractivity contribution in [3.05, 3.63) is 48.4 Å². The van der Waals surface area contributed by atoms with Crippen LogP contribution in [0.2, 0.25) is 0 Å². The maximum atomic E-state index is 13.0. The van der Waals surface area contributed by atoms with Gasteiger partial charge in [0.15, 0.2) is 17.3 Å². The molecule has 0 saturated carbocycles. The van der Waals surface area contributed by atoms with E-state index in [1.165, 1.54) is 6.26 Å². The van der Waals surface area contributed by atoms with Crippen LogP contribution >= 0.6 is 0 Å². The number of benzene rings is 1. The molecule has 0 N–H and O–H groups in total. The number of piperazine rings is 1. The molecule has 1 atom stereocenters. The van der Waals surface area contributed by atoms with Gasteiger partial charge in [0.2, 0.25) is 12.0 Å². The lowest BCUT2D eigenvalue weighted by Crippen LogP contribution is -2.56. The van der Waals surface area contributed by atoms with Crippen molar-refractivity contribution in [2.24, 2.45) is 5.92 Å². The molecule has 5 rings (SSSR count). The first-order valence-electron chi connectivity index (χ1n) is 11.4. The molecule has 3 amide bonds. The Morgan fingerprint density at radius 2 is 1.42 bits per heavy atom. The van der Waals surface area contributed by atoms with Gasteiger partial charge in [0, 0.05) is 45.2 Å². The SMILES string of the molecule is O=C(c1ccco1)N1CCC(C(=O)N2CCN(C(=O)C3COc4ccccc4O3)CC2)CC1. The molecule has 1 aromatic carbocycles. The molecule has 2 saturated heterocycles. The zero-order valence-electron chi connectivity index (χ0n) is 18.4. The summed E-state index contributed by atoms with van der Waals surface area (Å²) >= 11 is 0. The molecule has 33 heavy (non-hydrogen) atoms. The minimum absolute atomic E-state index is 0.0977. The van der Waals surface area contributed by atoms with Crippen LogP contribution in [-0.4, -0.2) is 84.4 Å². The monoisotopic (exact) mass is 453 g/mol. The molecular weight excluding hydrogens is 426 g/mol. The first-order chi connectivity index (χ1) is 16.1. The second kappa shape index (κ2) is 9.17. The van der Waals surface area contributed by atoms with Gasteiger partial charge >= 0.3 is 0 Å². The Labute approximate surface area is 191 Å². The van der Waals surface area contributed by atoms with E-state index >= 15 is 0 Å². The lowest BCUT2D eigenvalue weighted by Gasteiger charge is -2.39. The van der Waals surface area contributed by atoms with E-state index in [9.17, 15) is 14.4 Å². The molecule has 1 aromatic heterocycles. The summed E-state index contributed by atoms with van der Waals surface area (Å²) in [6.07, 6.45) is 2.09. The molecule has 3 aliphatic heterocycles. The lowest BCUT2D eigenvalue weighted by molar-refractivity contribution is -0.148. The summed E-state index contributed by atoms with van der Waals surface area (Å²) in [7, 11) is 0. The third-order valence-electron chi connectivity index (χ3n) is 6.55. The van der Waals surface area contributed by atoms with Gasteiger partial charge in [-0.3, -0.25) is 14.4 Å². The fourth-order valence-corrected chi connectivity index (χ4v) is 4.64. The van der Waals surface area contributed by atoms with Crippen LogP contribution in [0.25, 0.3) is 0 Å². The second-order valence-corrected chi connectivity index (χ2v) is 8.56. The van der Waals surface area contributed by atoms with Crippen molar-refractivity contribution in [3.8, 4) is 11.5 Å². The highest BCUT2D eigenvalue weighted by Crippen LogP contribution is 2.31. The van der Waals surface area contributed by atoms with Gasteiger partial charge in [-0.25, -0.2) is 0 Å². The maximum absolute atomic E-state index is 13.0. The van der Waals surface area contributed by atoms with E-state index in [2.05, 4.69) is 0 Å². The fraction of sp³-hybridized carbons (Fsp3) is 0.458. The molecule has 174 valence electrons. The summed E-state index contributed by atoms with van der Waals surface area (Å²) in [5.41, 5.74) is 0. The number of furan rings is 1. The largest absolute Gasteiger partial charge is 0.485 e. The van der Waals surface area contributed by atoms with Gasteiger partial charge in [0.1, 0.15) is 6.61 Å². The quantitative estimate of drug-likeness (QED) is 0.702. The van der Waals surface area contributed by atoms with Crippen molar-refractivity contribution < 1.29 is 28.3 Å². The molecule has 9 heteroatoms. The van der Waals surface area contributed by atoms with Crippen molar-refractivity contribution in [2.75, 3.05) is 45.9 Å². The minimum Gasteiger partial charge on any atom is -0.485 e. The van der Waals surface area contributed by atoms with Gasteiger partial charge in [-0.2, -0.15) is 0 Å². The molecule has 9 nitrogen and oxygen atoms in total. The van der Waals surface area contributed by atoms with Crippen LogP contribution in [0, 0.1) is 5.92 Å². The van der Waals surface area contributed by atoms with Crippen LogP contribution in [-0.2, 0) is 9.59 Å². The van der Waals surface area contributed by atoms with E-state index in [0.29, 0.717) is 69.4 Å². The molecular formula is C24H27N3O6. The number of likely N-dealkylation sites (tertiary alicyclic amines) is 1. The highest BCUT2D eigenvalue weighted by molar-refractivity contribution is 5.91. The maximum Gasteiger partial charge on any atom is 0.289 e. The van der Waals surface area contributed by atoms with Crippen molar-refractivity contribution in [3.63, 3.8) is 0 Å². The molecule has 2 aromatic rings. The number of piperidine rings is 1. The lowest BCUT2D eigenvalue weighted by atomic mass is 9.94. The van der Waals surface area contributed by atoms with Crippen LogP contribution in [0.4, 0.5) is 0 Å². The standard InChI is InChI=1S/C24H27N3O6/c28-22(17-7-9-25(10-8-17)23(29)20-6-3-15-31-20)26-11-13-27(14-12-26)24(30)21-16-32-18-4-1-2-5-19(18)33-21/h1-6,15,17,21H,7-14,16H2. The van der Waals surface area contributed by atoms with Crippen molar-refractivity contribution in [1.29, 1.82) is 0 Å². The molecule has 4 heterocycles. The van der Waals surface area contributed by atoms with Crippen LogP contribution in [0.3, 0.4) is 0 Å². The summed E-state index contributed by atoms with van der Waals surface area (Å²) in [4.78, 5) is 43.7. The van der Waals surface area contributed by atoms with E-state index in [0.717, 1.165) is 0 Å². The van der Waals surface area contributed by atoms with Crippen LogP contribution in [0.1, 0.15) is 23.4 Å². The topological polar surface area (TPSA) is 92.5 Å². The molecule has 0 spiro atoms. The first-order valence-corrected chi connectivity index (χ1v) is 11.4. The van der Waals surface area contributed by atoms with E-state index in [-0.39, 0.29) is 30.2 Å². The third-order valence-corrected chi connectivity index (χ3v) is 6.55. The normalized spacial score (nSPS) is 21.1. The summed E-state index contributed by atoms with van der Waals surface area (Å²) in [6.45, 7) is 3.21. The van der Waals surface area contributed by atoms with Crippen molar-refractivity contribution >= 4 is 17.7 Å². The van der Waals surface area contributed by atoms with E-state index in [1.807, 2.05) is 23.1 Å². The average molecular weight is 453 g/mol. The van der Waals surface area contributed by atoms with E-state index in [1.54, 1.807) is 28.0 Å². The number of rotatable bonds is 3. The molecule has 3 aliphatic rings. The molecule has 0 radical (unpaired) electrons. The zero-order chi connectivity index (χ0) is 22.8. The highest BCUT2D eigenvalue weighted by atomic mass is 16.6. The number of fused-ring (bicyclic) bond motifs is 1. The van der Waals surface area contributed by atoms with Gasteiger partial charge < -0.3 is 28.6 Å². The van der Waals surface area contributed by atoms with E-state index < -0.39 is 6.10 Å². The Hall–Kier alpha value is -3.49. The average Bonchev–Trinajstić information content (AvgIpc) is 3.42. The highest BCUT2D eigenvalue weighted by Gasteiger charge is 2.36. The van der Waals surface area contributed by atoms with Crippen molar-refractivity contribution in [1.82, 2.24) is 14.7 Å². The Morgan fingerprint density at radius 3 is 2.09 bits per heavy atom. The van der Waals surface area contributed by atoms with Gasteiger partial charge in [0.05, 0.1) is 6.26 Å². The molecule has 0 bridgehead atoms. The Morgan fingerprint density at radius 1 is 0.758 bits per heavy atom. The Bertz CT molecular complexity index is 1010. The van der Waals surface area contributed by atoms with E-state index in [4.69, 9.17) is 13.9 Å².